The number of rotatable bonds is 8. The fraction of sp³-hybridized carbons (Fsp3) is 0.200. The standard InChI is InChI=1S/C20H21N5O3S/c1-14-6-8-17(9-7-14)25-13-21-24-20(25)29-12-19(27)23-16-5-3-4-15(10-16)22-18(26)11-28-2/h3-10,13H,11-12H2,1-2H3,(H,22,26)(H,23,27). The molecular weight excluding hydrogens is 390 g/mol. The molecule has 0 aliphatic heterocycles. The number of carbonyl (C=O) groups excluding carboxylic acids is 2. The Bertz CT molecular complexity index is 988. The summed E-state index contributed by atoms with van der Waals surface area (Å²) in [5, 5.41) is 14.2. The maximum atomic E-state index is 12.3. The molecular formula is C20H21N5O3S. The lowest BCUT2D eigenvalue weighted by atomic mass is 10.2. The van der Waals surface area contributed by atoms with Crippen LogP contribution in [0.25, 0.3) is 5.69 Å². The predicted molar refractivity (Wildman–Crippen MR) is 112 cm³/mol. The lowest BCUT2D eigenvalue weighted by Gasteiger charge is -2.09. The second-order valence-corrected chi connectivity index (χ2v) is 7.16. The van der Waals surface area contributed by atoms with Gasteiger partial charge in [0.1, 0.15) is 12.9 Å². The molecule has 0 aliphatic rings. The van der Waals surface area contributed by atoms with Crippen LogP contribution in [0.4, 0.5) is 11.4 Å². The van der Waals surface area contributed by atoms with Crippen molar-refractivity contribution in [2.24, 2.45) is 0 Å². The molecule has 3 rings (SSSR count). The number of carbonyl (C=O) groups is 2. The molecule has 1 aromatic heterocycles. The average molecular weight is 411 g/mol. The van der Waals surface area contributed by atoms with Crippen LogP contribution in [0, 0.1) is 6.92 Å². The van der Waals surface area contributed by atoms with E-state index in [1.807, 2.05) is 35.8 Å². The van der Waals surface area contributed by atoms with Crippen molar-refractivity contribution < 1.29 is 14.3 Å². The van der Waals surface area contributed by atoms with Gasteiger partial charge in [-0.1, -0.05) is 35.5 Å². The van der Waals surface area contributed by atoms with Gasteiger partial charge in [0, 0.05) is 24.2 Å². The molecule has 0 fully saturated rings. The molecule has 0 unspecified atom stereocenters. The third kappa shape index (κ3) is 5.90. The Morgan fingerprint density at radius 2 is 1.76 bits per heavy atom. The first-order valence-corrected chi connectivity index (χ1v) is 9.82. The van der Waals surface area contributed by atoms with Crippen molar-refractivity contribution in [1.29, 1.82) is 0 Å². The maximum Gasteiger partial charge on any atom is 0.250 e. The molecule has 0 spiro atoms. The molecule has 0 aliphatic carbocycles. The van der Waals surface area contributed by atoms with E-state index in [2.05, 4.69) is 20.8 Å². The number of anilines is 2. The topological polar surface area (TPSA) is 98.1 Å². The molecule has 0 atom stereocenters. The molecule has 0 saturated carbocycles. The maximum absolute atomic E-state index is 12.3. The molecule has 0 saturated heterocycles. The average Bonchev–Trinajstić information content (AvgIpc) is 3.16. The van der Waals surface area contributed by atoms with Gasteiger partial charge in [-0.15, -0.1) is 10.2 Å². The van der Waals surface area contributed by atoms with E-state index < -0.39 is 0 Å². The highest BCUT2D eigenvalue weighted by molar-refractivity contribution is 7.99. The van der Waals surface area contributed by atoms with Gasteiger partial charge < -0.3 is 15.4 Å². The number of aromatic nitrogens is 3. The van der Waals surface area contributed by atoms with Gasteiger partial charge in [-0.2, -0.15) is 0 Å². The summed E-state index contributed by atoms with van der Waals surface area (Å²) in [6.07, 6.45) is 1.62. The van der Waals surface area contributed by atoms with E-state index in [-0.39, 0.29) is 24.2 Å². The van der Waals surface area contributed by atoms with E-state index in [1.165, 1.54) is 18.9 Å². The second kappa shape index (κ2) is 9.85. The quantitative estimate of drug-likeness (QED) is 0.553. The number of aryl methyl sites for hydroxylation is 1. The van der Waals surface area contributed by atoms with Crippen LogP contribution in [-0.2, 0) is 14.3 Å². The van der Waals surface area contributed by atoms with Crippen molar-refractivity contribution in [1.82, 2.24) is 14.8 Å². The van der Waals surface area contributed by atoms with Crippen molar-refractivity contribution in [3.05, 3.63) is 60.4 Å². The highest BCUT2D eigenvalue weighted by Crippen LogP contribution is 2.21. The number of thioether (sulfide) groups is 1. The Kier molecular flexibility index (Phi) is 6.99. The predicted octanol–water partition coefficient (Wildman–Crippen LogP) is 2.89. The first-order chi connectivity index (χ1) is 14.0. The van der Waals surface area contributed by atoms with Gasteiger partial charge >= 0.3 is 0 Å². The summed E-state index contributed by atoms with van der Waals surface area (Å²) in [5.74, 6) is -0.277. The fourth-order valence-electron chi connectivity index (χ4n) is 2.54. The summed E-state index contributed by atoms with van der Waals surface area (Å²) in [7, 11) is 1.45. The lowest BCUT2D eigenvalue weighted by Crippen LogP contribution is -2.18. The molecule has 150 valence electrons. The second-order valence-electron chi connectivity index (χ2n) is 6.22. The number of benzene rings is 2. The molecule has 0 bridgehead atoms. The molecule has 2 N–H and O–H groups in total. The van der Waals surface area contributed by atoms with Gasteiger partial charge in [-0.3, -0.25) is 14.2 Å². The first kappa shape index (κ1) is 20.6. The molecule has 0 radical (unpaired) electrons. The largest absolute Gasteiger partial charge is 0.375 e. The van der Waals surface area contributed by atoms with Crippen LogP contribution < -0.4 is 10.6 Å². The first-order valence-electron chi connectivity index (χ1n) is 8.84. The molecule has 3 aromatic rings. The SMILES string of the molecule is COCC(=O)Nc1cccc(NC(=O)CSc2nncn2-c2ccc(C)cc2)c1. The third-order valence-corrected chi connectivity index (χ3v) is 4.81. The zero-order chi connectivity index (χ0) is 20.6. The van der Waals surface area contributed by atoms with Crippen LogP contribution in [0.3, 0.4) is 0 Å². The van der Waals surface area contributed by atoms with Gasteiger partial charge in [0.25, 0.3) is 0 Å². The molecule has 29 heavy (non-hydrogen) atoms. The molecule has 9 heteroatoms. The minimum atomic E-state index is -0.262. The van der Waals surface area contributed by atoms with Crippen molar-refractivity contribution in [2.75, 3.05) is 30.1 Å². The van der Waals surface area contributed by atoms with Crippen molar-refractivity contribution in [3.8, 4) is 5.69 Å². The van der Waals surface area contributed by atoms with Gasteiger partial charge in [0.15, 0.2) is 5.16 Å². The van der Waals surface area contributed by atoms with Crippen LogP contribution in [0.5, 0.6) is 0 Å². The van der Waals surface area contributed by atoms with E-state index >= 15 is 0 Å². The van der Waals surface area contributed by atoms with E-state index in [0.29, 0.717) is 16.5 Å². The monoisotopic (exact) mass is 411 g/mol. The van der Waals surface area contributed by atoms with Crippen LogP contribution in [0.1, 0.15) is 5.56 Å². The van der Waals surface area contributed by atoms with Crippen molar-refractivity contribution in [2.45, 2.75) is 12.1 Å². The van der Waals surface area contributed by atoms with E-state index in [4.69, 9.17) is 4.74 Å². The minimum Gasteiger partial charge on any atom is -0.375 e. The summed E-state index contributed by atoms with van der Waals surface area (Å²) >= 11 is 1.29. The Morgan fingerprint density at radius 1 is 1.07 bits per heavy atom. The summed E-state index contributed by atoms with van der Waals surface area (Å²) in [4.78, 5) is 23.9. The summed E-state index contributed by atoms with van der Waals surface area (Å²) in [5.41, 5.74) is 3.27. The zero-order valence-corrected chi connectivity index (χ0v) is 16.9. The molecule has 2 amide bonds. The van der Waals surface area contributed by atoms with Crippen LogP contribution in [0.15, 0.2) is 60.0 Å². The Balaban J connectivity index is 1.58. The smallest absolute Gasteiger partial charge is 0.250 e. The fourth-order valence-corrected chi connectivity index (χ4v) is 3.26. The molecule has 8 nitrogen and oxygen atoms in total. The van der Waals surface area contributed by atoms with E-state index in [9.17, 15) is 9.59 Å². The van der Waals surface area contributed by atoms with Crippen molar-refractivity contribution in [3.63, 3.8) is 0 Å². The number of hydrogen-bond donors (Lipinski definition) is 2. The number of ether oxygens (including phenoxy) is 1. The normalized spacial score (nSPS) is 10.6. The van der Waals surface area contributed by atoms with Crippen LogP contribution >= 0.6 is 11.8 Å². The molecule has 1 heterocycles. The summed E-state index contributed by atoms with van der Waals surface area (Å²) < 4.78 is 6.62. The number of nitrogens with one attached hydrogen (secondary N) is 2. The van der Waals surface area contributed by atoms with E-state index in [1.54, 1.807) is 30.6 Å². The number of nitrogens with zero attached hydrogens (tertiary/aromatic N) is 3. The highest BCUT2D eigenvalue weighted by Gasteiger charge is 2.11. The van der Waals surface area contributed by atoms with Crippen molar-refractivity contribution >= 4 is 35.0 Å². The third-order valence-electron chi connectivity index (χ3n) is 3.87. The Labute approximate surface area is 172 Å². The number of methoxy groups -OCH3 is 1. The number of hydrogen-bond acceptors (Lipinski definition) is 6. The highest BCUT2D eigenvalue weighted by atomic mass is 32.2. The summed E-state index contributed by atoms with van der Waals surface area (Å²) in [6, 6.07) is 14.9. The van der Waals surface area contributed by atoms with E-state index in [0.717, 1.165) is 11.3 Å². The van der Waals surface area contributed by atoms with Gasteiger partial charge in [-0.05, 0) is 37.3 Å². The Morgan fingerprint density at radius 3 is 2.45 bits per heavy atom. The molecule has 2 aromatic carbocycles. The van der Waals surface area contributed by atoms with Gasteiger partial charge in [0.2, 0.25) is 11.8 Å². The van der Waals surface area contributed by atoms with Gasteiger partial charge in [-0.25, -0.2) is 0 Å². The van der Waals surface area contributed by atoms with Crippen LogP contribution in [-0.4, -0.2) is 46.0 Å². The summed E-state index contributed by atoms with van der Waals surface area (Å²) in [6.45, 7) is 1.99. The minimum absolute atomic E-state index is 0.0328. The lowest BCUT2D eigenvalue weighted by molar-refractivity contribution is -0.119. The van der Waals surface area contributed by atoms with Crippen LogP contribution in [0.2, 0.25) is 0 Å². The van der Waals surface area contributed by atoms with Gasteiger partial charge in [0.05, 0.1) is 5.75 Å². The number of amides is 2. The zero-order valence-electron chi connectivity index (χ0n) is 16.1. The Hall–Kier alpha value is -3.17.